The van der Waals surface area contributed by atoms with Crippen LogP contribution in [0.2, 0.25) is 0 Å². The normalized spacial score (nSPS) is 38.8. The highest BCUT2D eigenvalue weighted by Gasteiger charge is 2.66. The van der Waals surface area contributed by atoms with Gasteiger partial charge in [-0.1, -0.05) is 25.8 Å². The number of unbranched alkanes of at least 4 members (excludes halogenated alkanes) is 3. The van der Waals surface area contributed by atoms with Crippen LogP contribution >= 0.6 is 0 Å². The Morgan fingerprint density at radius 1 is 1.15 bits per heavy atom. The Labute approximate surface area is 125 Å². The Bertz CT molecular complexity index is 308. The molecule has 3 rings (SSSR count). The third kappa shape index (κ3) is 2.84. The summed E-state index contributed by atoms with van der Waals surface area (Å²) < 4.78 is 0. The Morgan fingerprint density at radius 3 is 2.55 bits per heavy atom. The minimum Gasteiger partial charge on any atom is -0.314 e. The highest BCUT2D eigenvalue weighted by molar-refractivity contribution is 5.15. The molecule has 3 aliphatic carbocycles. The zero-order valence-electron chi connectivity index (χ0n) is 13.3. The molecule has 114 valence electrons. The summed E-state index contributed by atoms with van der Waals surface area (Å²) in [6.45, 7) is 7.34. The van der Waals surface area contributed by atoms with Gasteiger partial charge in [-0.3, -0.25) is 0 Å². The minimum absolute atomic E-state index is 0.845. The van der Waals surface area contributed by atoms with Crippen LogP contribution in [0.15, 0.2) is 12.7 Å². The molecule has 5 atom stereocenters. The van der Waals surface area contributed by atoms with Gasteiger partial charge in [0.1, 0.15) is 0 Å². The second-order valence-corrected chi connectivity index (χ2v) is 7.55. The molecule has 0 radical (unpaired) electrons. The van der Waals surface area contributed by atoms with Gasteiger partial charge < -0.3 is 5.32 Å². The van der Waals surface area contributed by atoms with Crippen molar-refractivity contribution in [2.24, 2.45) is 29.6 Å². The lowest BCUT2D eigenvalue weighted by Crippen LogP contribution is -2.34. The third-order valence-electron chi connectivity index (χ3n) is 6.34. The minimum atomic E-state index is 0.845. The Kier molecular flexibility index (Phi) is 4.86. The number of hydrogen-bond acceptors (Lipinski definition) is 1. The van der Waals surface area contributed by atoms with E-state index in [1.54, 1.807) is 19.3 Å². The van der Waals surface area contributed by atoms with Crippen LogP contribution in [0.4, 0.5) is 0 Å². The van der Waals surface area contributed by atoms with Crippen molar-refractivity contribution >= 4 is 0 Å². The quantitative estimate of drug-likeness (QED) is 0.447. The first-order valence-electron chi connectivity index (χ1n) is 9.21. The van der Waals surface area contributed by atoms with Gasteiger partial charge in [0.25, 0.3) is 0 Å². The molecule has 3 saturated carbocycles. The molecule has 1 nitrogen and oxygen atoms in total. The van der Waals surface area contributed by atoms with Crippen molar-refractivity contribution in [1.29, 1.82) is 0 Å². The summed E-state index contributed by atoms with van der Waals surface area (Å²) in [4.78, 5) is 0. The van der Waals surface area contributed by atoms with Crippen LogP contribution in [0.25, 0.3) is 0 Å². The average molecular weight is 275 g/mol. The summed E-state index contributed by atoms with van der Waals surface area (Å²) in [6, 6.07) is 0.845. The molecule has 0 heterocycles. The standard InChI is InChI=1S/C19H33N/c1-3-5-6-7-8-9-16(20-12-4-2)19-17-14-10-11-15(13-14)18(17)19/h3,14-20H,1,4-13H2,2H3. The SMILES string of the molecule is C=CCCCCCC(NCCC)C1C2C3CCC(C3)C21. The van der Waals surface area contributed by atoms with E-state index >= 15 is 0 Å². The second kappa shape index (κ2) is 6.64. The predicted molar refractivity (Wildman–Crippen MR) is 86.7 cm³/mol. The zero-order valence-corrected chi connectivity index (χ0v) is 13.3. The first-order valence-corrected chi connectivity index (χ1v) is 9.21. The van der Waals surface area contributed by atoms with Crippen molar-refractivity contribution in [3.63, 3.8) is 0 Å². The van der Waals surface area contributed by atoms with Gasteiger partial charge in [0.15, 0.2) is 0 Å². The molecule has 0 aliphatic heterocycles. The Hall–Kier alpha value is -0.300. The van der Waals surface area contributed by atoms with E-state index in [-0.39, 0.29) is 0 Å². The number of nitrogens with one attached hydrogen (secondary N) is 1. The van der Waals surface area contributed by atoms with Crippen molar-refractivity contribution in [3.05, 3.63) is 12.7 Å². The molecule has 3 aliphatic rings. The van der Waals surface area contributed by atoms with Crippen LogP contribution in [0.1, 0.15) is 64.7 Å². The van der Waals surface area contributed by atoms with Crippen molar-refractivity contribution in [3.8, 4) is 0 Å². The lowest BCUT2D eigenvalue weighted by atomic mass is 9.94. The van der Waals surface area contributed by atoms with Crippen LogP contribution in [0, 0.1) is 29.6 Å². The van der Waals surface area contributed by atoms with E-state index in [9.17, 15) is 0 Å². The maximum Gasteiger partial charge on any atom is 0.0101 e. The fourth-order valence-corrected chi connectivity index (χ4v) is 5.52. The van der Waals surface area contributed by atoms with Gasteiger partial charge in [0.2, 0.25) is 0 Å². The van der Waals surface area contributed by atoms with Gasteiger partial charge in [-0.2, -0.15) is 0 Å². The molecule has 20 heavy (non-hydrogen) atoms. The number of allylic oxidation sites excluding steroid dienone is 1. The molecule has 1 heteroatoms. The van der Waals surface area contributed by atoms with E-state index in [2.05, 4.69) is 24.9 Å². The van der Waals surface area contributed by atoms with Gasteiger partial charge in [-0.05, 0) is 81.1 Å². The molecule has 2 bridgehead atoms. The summed E-state index contributed by atoms with van der Waals surface area (Å²) in [7, 11) is 0. The third-order valence-corrected chi connectivity index (χ3v) is 6.34. The predicted octanol–water partition coefficient (Wildman–Crippen LogP) is 4.78. The summed E-state index contributed by atoms with van der Waals surface area (Å²) in [5.74, 6) is 5.59. The largest absolute Gasteiger partial charge is 0.314 e. The number of fused-ring (bicyclic) bond motifs is 5. The van der Waals surface area contributed by atoms with E-state index in [0.717, 1.165) is 35.6 Å². The van der Waals surface area contributed by atoms with Crippen LogP contribution < -0.4 is 5.32 Å². The first-order chi connectivity index (χ1) is 9.86. The second-order valence-electron chi connectivity index (χ2n) is 7.55. The topological polar surface area (TPSA) is 12.0 Å². The van der Waals surface area contributed by atoms with Gasteiger partial charge in [-0.15, -0.1) is 6.58 Å². The van der Waals surface area contributed by atoms with E-state index in [0.29, 0.717) is 0 Å². The summed E-state index contributed by atoms with van der Waals surface area (Å²) in [5.41, 5.74) is 0. The Balaban J connectivity index is 1.46. The van der Waals surface area contributed by atoms with Crippen LogP contribution in [-0.2, 0) is 0 Å². The molecular formula is C19H33N. The van der Waals surface area contributed by atoms with Gasteiger partial charge in [0.05, 0.1) is 0 Å². The number of rotatable bonds is 10. The molecule has 0 amide bonds. The lowest BCUT2D eigenvalue weighted by molar-refractivity contribution is 0.340. The van der Waals surface area contributed by atoms with E-state index in [1.165, 1.54) is 45.1 Å². The van der Waals surface area contributed by atoms with Crippen molar-refractivity contribution < 1.29 is 0 Å². The van der Waals surface area contributed by atoms with Crippen LogP contribution in [0.3, 0.4) is 0 Å². The maximum atomic E-state index is 3.90. The van der Waals surface area contributed by atoms with E-state index < -0.39 is 0 Å². The van der Waals surface area contributed by atoms with Crippen LogP contribution in [-0.4, -0.2) is 12.6 Å². The van der Waals surface area contributed by atoms with Gasteiger partial charge in [0, 0.05) is 6.04 Å². The molecular weight excluding hydrogens is 242 g/mol. The molecule has 3 fully saturated rings. The smallest absolute Gasteiger partial charge is 0.0101 e. The summed E-state index contributed by atoms with van der Waals surface area (Å²) in [6.07, 6.45) is 14.8. The summed E-state index contributed by atoms with van der Waals surface area (Å²) >= 11 is 0. The Morgan fingerprint density at radius 2 is 1.90 bits per heavy atom. The molecule has 1 N–H and O–H groups in total. The number of hydrogen-bond donors (Lipinski definition) is 1. The fraction of sp³-hybridized carbons (Fsp3) is 0.895. The van der Waals surface area contributed by atoms with Gasteiger partial charge >= 0.3 is 0 Å². The van der Waals surface area contributed by atoms with Crippen molar-refractivity contribution in [2.45, 2.75) is 70.8 Å². The molecule has 5 unspecified atom stereocenters. The first kappa shape index (κ1) is 14.6. The molecule has 0 saturated heterocycles. The molecule has 0 aromatic heterocycles. The monoisotopic (exact) mass is 275 g/mol. The average Bonchev–Trinajstić information content (AvgIpc) is 2.89. The van der Waals surface area contributed by atoms with Crippen LogP contribution in [0.5, 0.6) is 0 Å². The fourth-order valence-electron chi connectivity index (χ4n) is 5.52. The van der Waals surface area contributed by atoms with Crippen molar-refractivity contribution in [2.75, 3.05) is 6.54 Å². The highest BCUT2D eigenvalue weighted by atomic mass is 14.9. The van der Waals surface area contributed by atoms with Crippen molar-refractivity contribution in [1.82, 2.24) is 5.32 Å². The zero-order chi connectivity index (χ0) is 13.9. The summed E-state index contributed by atoms with van der Waals surface area (Å²) in [5, 5.41) is 3.90. The molecule has 0 aromatic rings. The molecule has 0 aromatic carbocycles. The lowest BCUT2D eigenvalue weighted by Gasteiger charge is -2.22. The van der Waals surface area contributed by atoms with Gasteiger partial charge in [-0.25, -0.2) is 0 Å². The van der Waals surface area contributed by atoms with E-state index in [4.69, 9.17) is 0 Å². The highest BCUT2D eigenvalue weighted by Crippen LogP contribution is 2.70. The maximum absolute atomic E-state index is 3.90. The van der Waals surface area contributed by atoms with E-state index in [1.807, 2.05) is 0 Å². The molecule has 0 spiro atoms.